The van der Waals surface area contributed by atoms with E-state index in [9.17, 15) is 28.0 Å². The van der Waals surface area contributed by atoms with Crippen molar-refractivity contribution in [2.75, 3.05) is 33.5 Å². The van der Waals surface area contributed by atoms with Crippen LogP contribution < -0.4 is 0 Å². The van der Waals surface area contributed by atoms with Crippen LogP contribution in [-0.4, -0.2) is 74.5 Å². The zero-order valence-electron chi connectivity index (χ0n) is 15.1. The summed E-state index contributed by atoms with van der Waals surface area (Å²) in [6.45, 7) is 3.51. The van der Waals surface area contributed by atoms with E-state index in [0.29, 0.717) is 13.5 Å². The molecule has 0 saturated heterocycles. The number of hydrogen-bond acceptors (Lipinski definition) is 10. The molecule has 0 atom stereocenters. The maximum absolute atomic E-state index is 11.8. The molecule has 0 spiro atoms. The number of ether oxygens (including phenoxy) is 6. The van der Waals surface area contributed by atoms with Gasteiger partial charge in [0.1, 0.15) is 13.2 Å². The first-order valence-corrected chi connectivity index (χ1v) is 7.05. The summed E-state index contributed by atoms with van der Waals surface area (Å²) in [5.74, 6) is 0. The van der Waals surface area contributed by atoms with Gasteiger partial charge in [-0.2, -0.15) is 8.78 Å². The van der Waals surface area contributed by atoms with Crippen LogP contribution >= 0.6 is 0 Å². The Balaban J connectivity index is -0.000000326. The predicted octanol–water partition coefficient (Wildman–Crippen LogP) is 2.94. The molecule has 0 aromatic heterocycles. The highest BCUT2D eigenvalue weighted by Gasteiger charge is 2.27. The molecule has 0 saturated carbocycles. The quantitative estimate of drug-likeness (QED) is 0.375. The second-order valence-corrected chi connectivity index (χ2v) is 3.71. The van der Waals surface area contributed by atoms with Gasteiger partial charge in [0.25, 0.3) is 0 Å². The summed E-state index contributed by atoms with van der Waals surface area (Å²) in [5.41, 5.74) is 0. The van der Waals surface area contributed by atoms with Crippen molar-refractivity contribution in [3.63, 3.8) is 0 Å². The largest absolute Gasteiger partial charge is 0.512 e. The van der Waals surface area contributed by atoms with E-state index in [4.69, 9.17) is 10.2 Å². The van der Waals surface area contributed by atoms with Crippen LogP contribution in [0.25, 0.3) is 0 Å². The first-order chi connectivity index (χ1) is 12.4. The molecule has 0 rings (SSSR count). The normalized spacial score (nSPS) is 9.11. The van der Waals surface area contributed by atoms with Gasteiger partial charge in [0.15, 0.2) is 0 Å². The van der Waals surface area contributed by atoms with E-state index in [1.165, 1.54) is 14.0 Å². The Kier molecular flexibility index (Phi) is 18.9. The molecule has 27 heavy (non-hydrogen) atoms. The molecule has 0 heterocycles. The van der Waals surface area contributed by atoms with E-state index in [2.05, 4.69) is 28.4 Å². The lowest BCUT2D eigenvalue weighted by atomic mass is 10.7. The third-order valence-corrected chi connectivity index (χ3v) is 1.49. The van der Waals surface area contributed by atoms with Crippen LogP contribution in [0.1, 0.15) is 20.8 Å². The summed E-state index contributed by atoms with van der Waals surface area (Å²) < 4.78 is 47.4. The van der Waals surface area contributed by atoms with Crippen molar-refractivity contribution in [2.24, 2.45) is 0 Å². The van der Waals surface area contributed by atoms with E-state index >= 15 is 0 Å². The lowest BCUT2D eigenvalue weighted by molar-refractivity contribution is -0.196. The van der Waals surface area contributed by atoms with Crippen LogP contribution in [0.15, 0.2) is 0 Å². The number of halogens is 2. The zero-order valence-corrected chi connectivity index (χ0v) is 15.1. The first kappa shape index (κ1) is 28.7. The smallest absolute Gasteiger partial charge is 0.450 e. The van der Waals surface area contributed by atoms with Crippen molar-refractivity contribution in [1.29, 1.82) is 0 Å². The first-order valence-electron chi connectivity index (χ1n) is 7.05. The van der Waals surface area contributed by atoms with Crippen LogP contribution in [0.5, 0.6) is 0 Å². The van der Waals surface area contributed by atoms with Crippen molar-refractivity contribution in [3.8, 4) is 0 Å². The Labute approximate surface area is 152 Å². The molecular weight excluding hydrogens is 386 g/mol. The molecule has 0 aliphatic carbocycles. The molecule has 0 aliphatic heterocycles. The zero-order chi connectivity index (χ0) is 21.9. The molecule has 14 heteroatoms. The maximum atomic E-state index is 11.8. The van der Waals surface area contributed by atoms with E-state index in [1.54, 1.807) is 6.92 Å². The number of carboxylic acid groups (broad SMARTS) is 2. The standard InChI is InChI=1S/C5H8F2O3.C4H6O6.C4H8O3/c1-3-9-4(8)10-5(2,6)7;5-3(6)9-1-2-10-4(7)8;1-3-7-4(5)6-2/h3H2,1-2H3;1-2H2,(H,5,6)(H,7,8);3H2,1-2H3. The second kappa shape index (κ2) is 17.8. The molecule has 0 aromatic rings. The third-order valence-electron chi connectivity index (χ3n) is 1.49. The highest BCUT2D eigenvalue weighted by molar-refractivity contribution is 5.60. The van der Waals surface area contributed by atoms with Gasteiger partial charge in [-0.1, -0.05) is 0 Å². The van der Waals surface area contributed by atoms with Crippen molar-refractivity contribution in [1.82, 2.24) is 0 Å². The number of hydrogen-bond donors (Lipinski definition) is 2. The summed E-state index contributed by atoms with van der Waals surface area (Å²) in [5, 5.41) is 15.7. The monoisotopic (exact) mass is 408 g/mol. The number of rotatable bonds is 6. The Hall–Kier alpha value is -3.06. The van der Waals surface area contributed by atoms with Gasteiger partial charge < -0.3 is 38.6 Å². The van der Waals surface area contributed by atoms with Crippen LogP contribution in [-0.2, 0) is 28.4 Å². The highest BCUT2D eigenvalue weighted by Crippen LogP contribution is 2.13. The topological polar surface area (TPSA) is 164 Å². The third kappa shape index (κ3) is 35.1. The molecule has 0 fully saturated rings. The van der Waals surface area contributed by atoms with Crippen LogP contribution in [0.4, 0.5) is 28.0 Å². The van der Waals surface area contributed by atoms with Crippen molar-refractivity contribution in [3.05, 3.63) is 0 Å². The van der Waals surface area contributed by atoms with Gasteiger partial charge in [-0.15, -0.1) is 0 Å². The minimum atomic E-state index is -3.45. The minimum absolute atomic E-state index is 0.0227. The molecule has 160 valence electrons. The predicted molar refractivity (Wildman–Crippen MR) is 80.7 cm³/mol. The fourth-order valence-corrected chi connectivity index (χ4v) is 0.728. The van der Waals surface area contributed by atoms with E-state index < -0.39 is 30.7 Å². The number of methoxy groups -OCH3 is 1. The molecule has 0 aliphatic rings. The van der Waals surface area contributed by atoms with Crippen molar-refractivity contribution in [2.45, 2.75) is 26.9 Å². The van der Waals surface area contributed by atoms with Gasteiger partial charge in [-0.25, -0.2) is 19.2 Å². The molecular formula is C13H22F2O12. The summed E-state index contributed by atoms with van der Waals surface area (Å²) in [7, 11) is 1.28. The Bertz CT molecular complexity index is 420. The molecule has 2 N–H and O–H groups in total. The molecule has 0 aromatic carbocycles. The molecule has 12 nitrogen and oxygen atoms in total. The summed E-state index contributed by atoms with van der Waals surface area (Å²) in [4.78, 5) is 39.3. The molecule has 0 radical (unpaired) electrons. The highest BCUT2D eigenvalue weighted by atomic mass is 19.3. The van der Waals surface area contributed by atoms with Gasteiger partial charge in [-0.3, -0.25) is 0 Å². The number of carbonyl (C=O) groups is 4. The van der Waals surface area contributed by atoms with Crippen LogP contribution in [0, 0.1) is 0 Å². The van der Waals surface area contributed by atoms with Gasteiger partial charge in [-0.05, 0) is 13.8 Å². The second-order valence-electron chi connectivity index (χ2n) is 3.71. The summed E-state index contributed by atoms with van der Waals surface area (Å²) in [6, 6.07) is 0. The van der Waals surface area contributed by atoms with Crippen molar-refractivity contribution < 1.29 is 66.6 Å². The van der Waals surface area contributed by atoms with Crippen molar-refractivity contribution >= 4 is 24.6 Å². The Morgan fingerprint density at radius 2 is 1.19 bits per heavy atom. The van der Waals surface area contributed by atoms with E-state index in [0.717, 1.165) is 0 Å². The SMILES string of the molecule is CCOC(=O)OC.CCOC(=O)OC(C)(F)F.O=C(O)OCCOC(=O)O. The summed E-state index contributed by atoms with van der Waals surface area (Å²) in [6.07, 6.45) is -8.33. The molecule has 0 amide bonds. The van der Waals surface area contributed by atoms with Gasteiger partial charge >= 0.3 is 30.7 Å². The number of carbonyl (C=O) groups excluding carboxylic acids is 2. The van der Waals surface area contributed by atoms with Gasteiger partial charge in [0.05, 0.1) is 20.3 Å². The lowest BCUT2D eigenvalue weighted by Gasteiger charge is -2.09. The fraction of sp³-hybridized carbons (Fsp3) is 0.692. The van der Waals surface area contributed by atoms with Crippen LogP contribution in [0.2, 0.25) is 0 Å². The van der Waals surface area contributed by atoms with Gasteiger partial charge in [0.2, 0.25) is 0 Å². The Morgan fingerprint density at radius 3 is 1.41 bits per heavy atom. The summed E-state index contributed by atoms with van der Waals surface area (Å²) >= 11 is 0. The number of alkyl halides is 2. The van der Waals surface area contributed by atoms with Gasteiger partial charge in [0, 0.05) is 6.92 Å². The lowest BCUT2D eigenvalue weighted by Crippen LogP contribution is -2.21. The fourth-order valence-electron chi connectivity index (χ4n) is 0.728. The van der Waals surface area contributed by atoms with Crippen LogP contribution in [0.3, 0.4) is 0 Å². The average molecular weight is 408 g/mol. The van der Waals surface area contributed by atoms with E-state index in [1.807, 2.05) is 0 Å². The molecule has 0 bridgehead atoms. The minimum Gasteiger partial charge on any atom is -0.450 e. The van der Waals surface area contributed by atoms with E-state index in [-0.39, 0.29) is 19.8 Å². The Morgan fingerprint density at radius 1 is 0.815 bits per heavy atom. The average Bonchev–Trinajstić information content (AvgIpc) is 2.51. The maximum Gasteiger partial charge on any atom is 0.512 e. The molecule has 0 unspecified atom stereocenters.